The van der Waals surface area contributed by atoms with Crippen molar-refractivity contribution < 1.29 is 9.59 Å². The molecule has 188 valence electrons. The van der Waals surface area contributed by atoms with Crippen LogP contribution in [0.1, 0.15) is 69.5 Å². The Morgan fingerprint density at radius 1 is 0.917 bits per heavy atom. The summed E-state index contributed by atoms with van der Waals surface area (Å²) in [5.74, 6) is 2.21. The molecule has 1 heterocycles. The molecule has 1 saturated heterocycles. The largest absolute Gasteiger partial charge is 0.387 e. The van der Waals surface area contributed by atoms with Crippen molar-refractivity contribution in [2.24, 2.45) is 34.5 Å². The van der Waals surface area contributed by atoms with E-state index in [9.17, 15) is 9.59 Å². The van der Waals surface area contributed by atoms with Crippen molar-refractivity contribution in [2.75, 3.05) is 6.54 Å². The van der Waals surface area contributed by atoms with E-state index in [1.165, 1.54) is 5.70 Å². The monoisotopic (exact) mass is 482 g/mol. The maximum atomic E-state index is 14.0. The first kappa shape index (κ1) is 23.5. The molecule has 4 heteroatoms. The van der Waals surface area contributed by atoms with Crippen molar-refractivity contribution in [2.45, 2.75) is 58.4 Å². The summed E-state index contributed by atoms with van der Waals surface area (Å²) >= 11 is 0. The number of hydrogen-bond donors (Lipinski definition) is 2. The lowest BCUT2D eigenvalue weighted by atomic mass is 9.50. The van der Waals surface area contributed by atoms with Crippen LogP contribution in [0, 0.1) is 34.5 Å². The van der Waals surface area contributed by atoms with Crippen LogP contribution < -0.4 is 10.6 Å². The predicted octanol–water partition coefficient (Wildman–Crippen LogP) is 5.81. The fraction of sp³-hybridized carbons (Fsp3) is 0.500. The summed E-state index contributed by atoms with van der Waals surface area (Å²) in [7, 11) is 0. The van der Waals surface area contributed by atoms with Crippen LogP contribution >= 0.6 is 0 Å². The van der Waals surface area contributed by atoms with Crippen LogP contribution in [-0.2, 0) is 9.59 Å². The molecule has 3 fully saturated rings. The fourth-order valence-electron chi connectivity index (χ4n) is 8.47. The highest BCUT2D eigenvalue weighted by Crippen LogP contribution is 2.64. The van der Waals surface area contributed by atoms with Gasteiger partial charge in [-0.1, -0.05) is 74.5 Å². The standard InChI is InChI=1S/C32H38N2O2/c1-31-18-16-26-24(20-33-28-19-23(35)15-17-32(26,28)2)25(31)13-14-27(31)30(36)34-29(21-9-5-3-6-10-21)22-11-7-4-8-12-22/h3-12,19,24-27,29,33H,13-18,20H2,1-2H3,(H,34,36)/t24?,25?,26?,27-,31+,32-/m1/s1. The number of allylic oxidation sites excluding steroid dienone is 2. The third-order valence-electron chi connectivity index (χ3n) is 10.5. The minimum absolute atomic E-state index is 0.0208. The molecular weight excluding hydrogens is 444 g/mol. The normalized spacial score (nSPS) is 35.2. The number of benzene rings is 2. The van der Waals surface area contributed by atoms with Gasteiger partial charge in [-0.3, -0.25) is 9.59 Å². The molecule has 1 aliphatic heterocycles. The summed E-state index contributed by atoms with van der Waals surface area (Å²) < 4.78 is 0. The van der Waals surface area contributed by atoms with Gasteiger partial charge in [0, 0.05) is 36.1 Å². The van der Waals surface area contributed by atoms with Gasteiger partial charge in [0.25, 0.3) is 0 Å². The van der Waals surface area contributed by atoms with Crippen LogP contribution in [0.15, 0.2) is 72.4 Å². The molecule has 0 aromatic heterocycles. The average Bonchev–Trinajstić information content (AvgIpc) is 3.26. The average molecular weight is 483 g/mol. The summed E-state index contributed by atoms with van der Waals surface area (Å²) in [5, 5.41) is 7.16. The number of fused-ring (bicyclic) bond motifs is 5. The van der Waals surface area contributed by atoms with Gasteiger partial charge in [0.05, 0.1) is 6.04 Å². The van der Waals surface area contributed by atoms with E-state index in [-0.39, 0.29) is 34.5 Å². The van der Waals surface area contributed by atoms with Gasteiger partial charge in [0.1, 0.15) is 0 Å². The molecule has 0 spiro atoms. The zero-order valence-corrected chi connectivity index (χ0v) is 21.5. The summed E-state index contributed by atoms with van der Waals surface area (Å²) in [4.78, 5) is 26.1. The minimum Gasteiger partial charge on any atom is -0.387 e. The van der Waals surface area contributed by atoms with Crippen LogP contribution in [0.5, 0.6) is 0 Å². The van der Waals surface area contributed by atoms with Gasteiger partial charge in [-0.25, -0.2) is 0 Å². The Bertz CT molecular complexity index is 1140. The van der Waals surface area contributed by atoms with Crippen LogP contribution in [0.4, 0.5) is 0 Å². The molecule has 36 heavy (non-hydrogen) atoms. The number of carbonyl (C=O) groups is 2. The first-order valence-electron chi connectivity index (χ1n) is 13.8. The Morgan fingerprint density at radius 3 is 2.25 bits per heavy atom. The molecule has 2 aromatic carbocycles. The Kier molecular flexibility index (Phi) is 5.81. The van der Waals surface area contributed by atoms with Gasteiger partial charge in [0.2, 0.25) is 5.91 Å². The van der Waals surface area contributed by atoms with Gasteiger partial charge in [-0.2, -0.15) is 0 Å². The number of carbonyl (C=O) groups excluding carboxylic acids is 2. The van der Waals surface area contributed by atoms with Gasteiger partial charge in [-0.15, -0.1) is 0 Å². The number of ketones is 1. The van der Waals surface area contributed by atoms with Gasteiger partial charge < -0.3 is 10.6 Å². The van der Waals surface area contributed by atoms with Crippen molar-refractivity contribution in [3.05, 3.63) is 83.6 Å². The summed E-state index contributed by atoms with van der Waals surface area (Å²) in [6, 6.07) is 20.5. The van der Waals surface area contributed by atoms with Gasteiger partial charge >= 0.3 is 0 Å². The van der Waals surface area contributed by atoms with Crippen molar-refractivity contribution in [3.63, 3.8) is 0 Å². The third-order valence-corrected chi connectivity index (χ3v) is 10.5. The molecule has 2 N–H and O–H groups in total. The van der Waals surface area contributed by atoms with E-state index in [0.717, 1.165) is 49.8 Å². The van der Waals surface area contributed by atoms with E-state index in [4.69, 9.17) is 0 Å². The highest BCUT2D eigenvalue weighted by molar-refractivity contribution is 5.91. The molecule has 0 radical (unpaired) electrons. The smallest absolute Gasteiger partial charge is 0.224 e. The number of rotatable bonds is 4. The second-order valence-electron chi connectivity index (χ2n) is 12.1. The Balaban J connectivity index is 1.24. The zero-order valence-electron chi connectivity index (χ0n) is 21.5. The summed E-state index contributed by atoms with van der Waals surface area (Å²) in [5.41, 5.74) is 3.51. The second kappa shape index (κ2) is 8.90. The van der Waals surface area contributed by atoms with E-state index in [1.807, 2.05) is 42.5 Å². The maximum Gasteiger partial charge on any atom is 0.224 e. The lowest BCUT2D eigenvalue weighted by Crippen LogP contribution is -2.57. The highest BCUT2D eigenvalue weighted by atomic mass is 16.2. The van der Waals surface area contributed by atoms with Crippen LogP contribution in [0.2, 0.25) is 0 Å². The topological polar surface area (TPSA) is 58.2 Å². The lowest BCUT2D eigenvalue weighted by Gasteiger charge is -2.58. The molecule has 0 bridgehead atoms. The number of amides is 1. The fourth-order valence-corrected chi connectivity index (χ4v) is 8.47. The molecule has 1 amide bonds. The Labute approximate surface area is 214 Å². The van der Waals surface area contributed by atoms with Crippen molar-refractivity contribution in [1.82, 2.24) is 10.6 Å². The van der Waals surface area contributed by atoms with Crippen molar-refractivity contribution in [3.8, 4) is 0 Å². The molecule has 6 atom stereocenters. The quantitative estimate of drug-likeness (QED) is 0.578. The van der Waals surface area contributed by atoms with Crippen molar-refractivity contribution >= 4 is 11.7 Å². The lowest BCUT2D eigenvalue weighted by molar-refractivity contribution is -0.133. The molecule has 6 rings (SSSR count). The molecule has 3 aliphatic carbocycles. The summed E-state index contributed by atoms with van der Waals surface area (Å²) in [6.45, 7) is 5.70. The first-order valence-corrected chi connectivity index (χ1v) is 13.8. The van der Waals surface area contributed by atoms with Crippen LogP contribution in [0.3, 0.4) is 0 Å². The Morgan fingerprint density at radius 2 is 1.58 bits per heavy atom. The van der Waals surface area contributed by atoms with E-state index in [0.29, 0.717) is 24.2 Å². The van der Waals surface area contributed by atoms with Gasteiger partial charge in [0.15, 0.2) is 5.78 Å². The molecule has 2 aromatic rings. The number of nitrogens with one attached hydrogen (secondary N) is 2. The van der Waals surface area contributed by atoms with Crippen LogP contribution in [0.25, 0.3) is 0 Å². The molecule has 2 saturated carbocycles. The third kappa shape index (κ3) is 3.72. The molecular formula is C32H38N2O2. The number of hydrogen-bond acceptors (Lipinski definition) is 3. The van der Waals surface area contributed by atoms with Gasteiger partial charge in [-0.05, 0) is 66.4 Å². The SMILES string of the molecule is C[C@]12CCC(=O)C=C1NCC1C2CC[C@@]2(C)C1CC[C@@H]2C(=O)NC(c1ccccc1)c1ccccc1. The van der Waals surface area contributed by atoms with E-state index in [1.54, 1.807) is 0 Å². The maximum absolute atomic E-state index is 14.0. The number of piperidine rings is 1. The predicted molar refractivity (Wildman–Crippen MR) is 142 cm³/mol. The molecule has 4 nitrogen and oxygen atoms in total. The highest BCUT2D eigenvalue weighted by Gasteiger charge is 2.60. The van der Waals surface area contributed by atoms with E-state index in [2.05, 4.69) is 48.7 Å². The minimum atomic E-state index is -0.137. The first-order chi connectivity index (χ1) is 17.4. The van der Waals surface area contributed by atoms with Crippen molar-refractivity contribution in [1.29, 1.82) is 0 Å². The van der Waals surface area contributed by atoms with Crippen LogP contribution in [-0.4, -0.2) is 18.2 Å². The van der Waals surface area contributed by atoms with E-state index >= 15 is 0 Å². The van der Waals surface area contributed by atoms with E-state index < -0.39 is 0 Å². The second-order valence-corrected chi connectivity index (χ2v) is 12.1. The Hall–Kier alpha value is -2.88. The molecule has 3 unspecified atom stereocenters. The zero-order chi connectivity index (χ0) is 24.9. The molecule has 4 aliphatic rings. The summed E-state index contributed by atoms with van der Waals surface area (Å²) in [6.07, 6.45) is 7.82.